The summed E-state index contributed by atoms with van der Waals surface area (Å²) in [7, 11) is 0. The van der Waals surface area contributed by atoms with Crippen molar-refractivity contribution in [2.45, 2.75) is 32.4 Å². The molecule has 0 bridgehead atoms. The summed E-state index contributed by atoms with van der Waals surface area (Å²) in [6, 6.07) is 1.15. The fourth-order valence-electron chi connectivity index (χ4n) is 2.57. The van der Waals surface area contributed by atoms with Crippen molar-refractivity contribution in [3.05, 3.63) is 0 Å². The molecule has 1 aliphatic carbocycles. The van der Waals surface area contributed by atoms with E-state index >= 15 is 0 Å². The van der Waals surface area contributed by atoms with Crippen molar-refractivity contribution in [2.75, 3.05) is 6.54 Å². The zero-order valence-electron chi connectivity index (χ0n) is 6.72. The second-order valence-corrected chi connectivity index (χ2v) is 4.23. The van der Waals surface area contributed by atoms with Gasteiger partial charge in [0.05, 0.1) is 0 Å². The molecule has 1 saturated carbocycles. The van der Waals surface area contributed by atoms with Crippen LogP contribution in [0.1, 0.15) is 20.3 Å². The minimum atomic E-state index is 0.348. The van der Waals surface area contributed by atoms with Gasteiger partial charge in [-0.25, -0.2) is 0 Å². The Morgan fingerprint density at radius 1 is 1.50 bits per heavy atom. The Labute approximate surface area is 62.2 Å². The second kappa shape index (κ2) is 1.74. The van der Waals surface area contributed by atoms with E-state index in [9.17, 15) is 0 Å². The Morgan fingerprint density at radius 3 is 2.80 bits per heavy atom. The monoisotopic (exact) mass is 140 g/mol. The van der Waals surface area contributed by atoms with E-state index in [2.05, 4.69) is 19.2 Å². The highest BCUT2D eigenvalue weighted by Gasteiger charge is 2.55. The summed E-state index contributed by atoms with van der Waals surface area (Å²) in [6.07, 6.45) is 1.29. The van der Waals surface area contributed by atoms with E-state index in [4.69, 9.17) is 5.73 Å². The first kappa shape index (κ1) is 6.62. The molecule has 2 nitrogen and oxygen atoms in total. The normalized spacial score (nSPS) is 50.1. The van der Waals surface area contributed by atoms with Gasteiger partial charge in [0, 0.05) is 12.1 Å². The van der Waals surface area contributed by atoms with Crippen LogP contribution in [0.3, 0.4) is 0 Å². The number of fused-ring (bicyclic) bond motifs is 1. The van der Waals surface area contributed by atoms with Crippen molar-refractivity contribution in [3.8, 4) is 0 Å². The first-order valence-corrected chi connectivity index (χ1v) is 4.13. The standard InChI is InChI=1S/C8H16N2/c1-8(2)6(9)5-3-4-10-7(5)8/h5-7,10H,3-4,9H2,1-2H3. The molecule has 3 N–H and O–H groups in total. The molecule has 3 atom stereocenters. The topological polar surface area (TPSA) is 38.0 Å². The van der Waals surface area contributed by atoms with Gasteiger partial charge in [0.1, 0.15) is 0 Å². The third kappa shape index (κ3) is 0.565. The highest BCUT2D eigenvalue weighted by molar-refractivity contribution is 5.13. The molecule has 58 valence electrons. The molecule has 2 fully saturated rings. The summed E-state index contributed by atoms with van der Waals surface area (Å²) in [5, 5.41) is 3.50. The predicted octanol–water partition coefficient (Wildman–Crippen LogP) is 0.332. The van der Waals surface area contributed by atoms with Crippen molar-refractivity contribution in [2.24, 2.45) is 17.1 Å². The quantitative estimate of drug-likeness (QED) is 0.509. The minimum Gasteiger partial charge on any atom is -0.327 e. The minimum absolute atomic E-state index is 0.348. The fourth-order valence-corrected chi connectivity index (χ4v) is 2.57. The molecular formula is C8H16N2. The Hall–Kier alpha value is -0.0800. The third-order valence-electron chi connectivity index (χ3n) is 3.39. The van der Waals surface area contributed by atoms with E-state index in [1.165, 1.54) is 13.0 Å². The lowest BCUT2D eigenvalue weighted by Crippen LogP contribution is -2.66. The molecule has 0 aromatic heterocycles. The molecule has 0 aromatic rings. The lowest BCUT2D eigenvalue weighted by molar-refractivity contribution is 0.0270. The fraction of sp³-hybridized carbons (Fsp3) is 1.00. The van der Waals surface area contributed by atoms with Crippen LogP contribution >= 0.6 is 0 Å². The van der Waals surface area contributed by atoms with Crippen LogP contribution in [0.25, 0.3) is 0 Å². The van der Waals surface area contributed by atoms with Gasteiger partial charge < -0.3 is 11.1 Å². The number of hydrogen-bond acceptors (Lipinski definition) is 2. The van der Waals surface area contributed by atoms with Gasteiger partial charge in [0.2, 0.25) is 0 Å². The maximum absolute atomic E-state index is 6.00. The van der Waals surface area contributed by atoms with E-state index in [0.717, 1.165) is 5.92 Å². The Morgan fingerprint density at radius 2 is 2.20 bits per heavy atom. The van der Waals surface area contributed by atoms with Gasteiger partial charge in [-0.15, -0.1) is 0 Å². The van der Waals surface area contributed by atoms with Gasteiger partial charge in [-0.1, -0.05) is 13.8 Å². The van der Waals surface area contributed by atoms with Gasteiger partial charge in [-0.3, -0.25) is 0 Å². The van der Waals surface area contributed by atoms with Crippen LogP contribution < -0.4 is 11.1 Å². The zero-order chi connectivity index (χ0) is 7.35. The van der Waals surface area contributed by atoms with Crippen LogP contribution in [0.5, 0.6) is 0 Å². The molecule has 0 aromatic carbocycles. The van der Waals surface area contributed by atoms with E-state index in [0.29, 0.717) is 17.5 Å². The van der Waals surface area contributed by atoms with E-state index < -0.39 is 0 Å². The van der Waals surface area contributed by atoms with Crippen molar-refractivity contribution < 1.29 is 0 Å². The summed E-state index contributed by atoms with van der Waals surface area (Å²) < 4.78 is 0. The van der Waals surface area contributed by atoms with Crippen molar-refractivity contribution in [3.63, 3.8) is 0 Å². The summed E-state index contributed by atoms with van der Waals surface area (Å²) in [5.74, 6) is 0.773. The van der Waals surface area contributed by atoms with E-state index in [1.54, 1.807) is 0 Å². The molecule has 0 radical (unpaired) electrons. The molecule has 2 rings (SSSR count). The molecular weight excluding hydrogens is 124 g/mol. The van der Waals surface area contributed by atoms with Gasteiger partial charge >= 0.3 is 0 Å². The second-order valence-electron chi connectivity index (χ2n) is 4.23. The molecule has 3 unspecified atom stereocenters. The maximum atomic E-state index is 6.00. The zero-order valence-corrected chi connectivity index (χ0v) is 6.72. The van der Waals surface area contributed by atoms with Crippen LogP contribution in [0, 0.1) is 11.3 Å². The van der Waals surface area contributed by atoms with Gasteiger partial charge in [0.25, 0.3) is 0 Å². The van der Waals surface area contributed by atoms with Crippen LogP contribution in [0.2, 0.25) is 0 Å². The number of hydrogen-bond donors (Lipinski definition) is 2. The Balaban J connectivity index is 2.15. The largest absolute Gasteiger partial charge is 0.327 e. The SMILES string of the molecule is CC1(C)C(N)C2CCNC21. The van der Waals surface area contributed by atoms with Crippen molar-refractivity contribution >= 4 is 0 Å². The lowest BCUT2D eigenvalue weighted by Gasteiger charge is -2.53. The highest BCUT2D eigenvalue weighted by atomic mass is 15.1. The number of nitrogens with two attached hydrogens (primary N) is 1. The van der Waals surface area contributed by atoms with Crippen molar-refractivity contribution in [1.29, 1.82) is 0 Å². The molecule has 10 heavy (non-hydrogen) atoms. The van der Waals surface area contributed by atoms with Crippen LogP contribution in [0.4, 0.5) is 0 Å². The summed E-state index contributed by atoms with van der Waals surface area (Å²) in [5.41, 5.74) is 6.35. The van der Waals surface area contributed by atoms with E-state index in [-0.39, 0.29) is 0 Å². The summed E-state index contributed by atoms with van der Waals surface area (Å²) >= 11 is 0. The average molecular weight is 140 g/mol. The smallest absolute Gasteiger partial charge is 0.0177 e. The molecule has 2 heteroatoms. The van der Waals surface area contributed by atoms with Crippen LogP contribution in [-0.4, -0.2) is 18.6 Å². The average Bonchev–Trinajstić information content (AvgIpc) is 2.31. The predicted molar refractivity (Wildman–Crippen MR) is 41.7 cm³/mol. The molecule has 1 heterocycles. The molecule has 0 spiro atoms. The van der Waals surface area contributed by atoms with Gasteiger partial charge in [-0.2, -0.15) is 0 Å². The van der Waals surface area contributed by atoms with Crippen LogP contribution in [0.15, 0.2) is 0 Å². The van der Waals surface area contributed by atoms with Crippen molar-refractivity contribution in [1.82, 2.24) is 5.32 Å². The first-order valence-electron chi connectivity index (χ1n) is 4.13. The number of rotatable bonds is 0. The lowest BCUT2D eigenvalue weighted by atomic mass is 9.57. The summed E-state index contributed by atoms with van der Waals surface area (Å²) in [4.78, 5) is 0. The van der Waals surface area contributed by atoms with Gasteiger partial charge in [-0.05, 0) is 24.3 Å². The third-order valence-corrected chi connectivity index (χ3v) is 3.39. The van der Waals surface area contributed by atoms with E-state index in [1.807, 2.05) is 0 Å². The molecule has 1 aliphatic heterocycles. The molecule has 2 aliphatic rings. The molecule has 0 amide bonds. The van der Waals surface area contributed by atoms with Crippen LogP contribution in [-0.2, 0) is 0 Å². The Bertz CT molecular complexity index is 153. The first-order chi connectivity index (χ1) is 4.64. The Kier molecular flexibility index (Phi) is 1.15. The highest BCUT2D eigenvalue weighted by Crippen LogP contribution is 2.47. The molecule has 1 saturated heterocycles. The van der Waals surface area contributed by atoms with Gasteiger partial charge in [0.15, 0.2) is 0 Å². The summed E-state index contributed by atoms with van der Waals surface area (Å²) in [6.45, 7) is 5.70. The maximum Gasteiger partial charge on any atom is 0.0177 e. The number of nitrogens with one attached hydrogen (secondary N) is 1.